The molecule has 0 aliphatic carbocycles. The van der Waals surface area contributed by atoms with E-state index in [4.69, 9.17) is 18.0 Å². The summed E-state index contributed by atoms with van der Waals surface area (Å²) in [5.74, 6) is -0.169. The highest BCUT2D eigenvalue weighted by Crippen LogP contribution is 2.29. The molecule has 1 aromatic heterocycles. The third-order valence-corrected chi connectivity index (χ3v) is 4.35. The number of pyridine rings is 1. The van der Waals surface area contributed by atoms with E-state index in [-0.39, 0.29) is 10.9 Å². The number of nitrogens with one attached hydrogen (secondary N) is 1. The monoisotopic (exact) mass is 301 g/mol. The van der Waals surface area contributed by atoms with Gasteiger partial charge in [0.05, 0.1) is 27.8 Å². The fraction of sp³-hybridized carbons (Fsp3) is 0.312. The van der Waals surface area contributed by atoms with Crippen LogP contribution >= 0.6 is 12.2 Å². The summed E-state index contributed by atoms with van der Waals surface area (Å²) in [6.07, 6.45) is 2.80. The lowest BCUT2D eigenvalue weighted by atomic mass is 9.81. The maximum atomic E-state index is 12.6. The molecule has 1 heterocycles. The van der Waals surface area contributed by atoms with Crippen LogP contribution in [0.5, 0.6) is 0 Å². The van der Waals surface area contributed by atoms with Crippen LogP contribution in [0.2, 0.25) is 0 Å². The molecule has 3 N–H and O–H groups in total. The van der Waals surface area contributed by atoms with Crippen LogP contribution in [0.4, 0.5) is 5.69 Å². The van der Waals surface area contributed by atoms with Crippen LogP contribution in [-0.2, 0) is 4.79 Å². The number of carbonyl (C=O) groups excluding carboxylic acids is 1. The van der Waals surface area contributed by atoms with Gasteiger partial charge in [-0.2, -0.15) is 0 Å². The Hall–Kier alpha value is -2.01. The van der Waals surface area contributed by atoms with E-state index in [0.29, 0.717) is 18.5 Å². The minimum absolute atomic E-state index is 0.169. The molecule has 2 rings (SSSR count). The predicted octanol–water partition coefficient (Wildman–Crippen LogP) is 3.27. The molecule has 0 radical (unpaired) electrons. The number of thiocarbonyl (C=S) groups is 1. The van der Waals surface area contributed by atoms with Crippen molar-refractivity contribution >= 4 is 39.7 Å². The van der Waals surface area contributed by atoms with Gasteiger partial charge in [0.1, 0.15) is 0 Å². The number of aromatic nitrogens is 1. The van der Waals surface area contributed by atoms with E-state index in [1.165, 1.54) is 0 Å². The molecule has 4 nitrogen and oxygen atoms in total. The molecule has 1 amide bonds. The second kappa shape index (κ2) is 6.18. The highest BCUT2D eigenvalue weighted by molar-refractivity contribution is 7.80. The molecule has 5 heteroatoms. The number of rotatable bonds is 5. The van der Waals surface area contributed by atoms with Gasteiger partial charge in [-0.1, -0.05) is 44.3 Å². The summed E-state index contributed by atoms with van der Waals surface area (Å²) >= 11 is 5.10. The topological polar surface area (TPSA) is 68.0 Å². The lowest BCUT2D eigenvalue weighted by molar-refractivity contribution is -0.122. The first-order chi connectivity index (χ1) is 10.0. The molecule has 0 fully saturated rings. The molecule has 0 atom stereocenters. The molecule has 0 saturated carbocycles. The van der Waals surface area contributed by atoms with Gasteiger partial charge in [-0.15, -0.1) is 0 Å². The minimum atomic E-state index is -0.805. The lowest BCUT2D eigenvalue weighted by Crippen LogP contribution is -2.45. The molecule has 21 heavy (non-hydrogen) atoms. The van der Waals surface area contributed by atoms with Crippen molar-refractivity contribution in [3.05, 3.63) is 36.5 Å². The Morgan fingerprint density at radius 3 is 2.62 bits per heavy atom. The summed E-state index contributed by atoms with van der Waals surface area (Å²) in [6, 6.07) is 9.65. The maximum Gasteiger partial charge on any atom is 0.237 e. The molecule has 0 aliphatic heterocycles. The van der Waals surface area contributed by atoms with E-state index >= 15 is 0 Å². The zero-order valence-corrected chi connectivity index (χ0v) is 13.0. The van der Waals surface area contributed by atoms with Crippen LogP contribution in [0, 0.1) is 5.41 Å². The number of benzene rings is 1. The number of nitrogens with zero attached hydrogens (tertiary/aromatic N) is 1. The molecular formula is C16H19N3OS. The Labute approximate surface area is 129 Å². The Morgan fingerprint density at radius 2 is 2.00 bits per heavy atom. The van der Waals surface area contributed by atoms with Crippen molar-refractivity contribution in [3.63, 3.8) is 0 Å². The number of anilines is 1. The molecule has 1 aromatic carbocycles. The second-order valence-electron chi connectivity index (χ2n) is 5.02. The fourth-order valence-electron chi connectivity index (χ4n) is 2.42. The summed E-state index contributed by atoms with van der Waals surface area (Å²) in [7, 11) is 0. The van der Waals surface area contributed by atoms with Gasteiger partial charge in [0.15, 0.2) is 0 Å². The van der Waals surface area contributed by atoms with E-state index in [1.54, 1.807) is 6.20 Å². The normalized spacial score (nSPS) is 11.3. The van der Waals surface area contributed by atoms with Crippen molar-refractivity contribution in [1.82, 2.24) is 4.98 Å². The van der Waals surface area contributed by atoms with Gasteiger partial charge >= 0.3 is 0 Å². The van der Waals surface area contributed by atoms with Crippen LogP contribution < -0.4 is 11.1 Å². The van der Waals surface area contributed by atoms with Gasteiger partial charge in [-0.25, -0.2) is 0 Å². The van der Waals surface area contributed by atoms with Crippen molar-refractivity contribution < 1.29 is 4.79 Å². The molecule has 0 aliphatic rings. The number of para-hydroxylation sites is 1. The smallest absolute Gasteiger partial charge is 0.237 e. The van der Waals surface area contributed by atoms with Crippen molar-refractivity contribution in [2.24, 2.45) is 11.1 Å². The molecule has 0 saturated heterocycles. The summed E-state index contributed by atoms with van der Waals surface area (Å²) < 4.78 is 0. The molecule has 2 aromatic rings. The van der Waals surface area contributed by atoms with E-state index in [9.17, 15) is 4.79 Å². The zero-order valence-electron chi connectivity index (χ0n) is 12.2. The van der Waals surface area contributed by atoms with E-state index in [1.807, 2.05) is 44.2 Å². The Bertz CT molecular complexity index is 680. The summed E-state index contributed by atoms with van der Waals surface area (Å²) in [5, 5.41) is 3.87. The number of hydrogen-bond acceptors (Lipinski definition) is 3. The lowest BCUT2D eigenvalue weighted by Gasteiger charge is -2.28. The SMILES string of the molecule is CCC(CC)(C(=O)Nc1cnc2ccccc2c1)C(N)=S. The Balaban J connectivity index is 2.30. The van der Waals surface area contributed by atoms with Gasteiger partial charge in [0.2, 0.25) is 5.91 Å². The average molecular weight is 301 g/mol. The van der Waals surface area contributed by atoms with E-state index in [0.717, 1.165) is 10.9 Å². The number of carbonyl (C=O) groups is 1. The zero-order chi connectivity index (χ0) is 15.5. The Kier molecular flexibility index (Phi) is 4.53. The maximum absolute atomic E-state index is 12.6. The van der Waals surface area contributed by atoms with Crippen molar-refractivity contribution in [3.8, 4) is 0 Å². The van der Waals surface area contributed by atoms with E-state index < -0.39 is 5.41 Å². The molecule has 110 valence electrons. The van der Waals surface area contributed by atoms with E-state index in [2.05, 4.69) is 10.3 Å². The van der Waals surface area contributed by atoms with Gasteiger partial charge in [-0.3, -0.25) is 9.78 Å². The summed E-state index contributed by atoms with van der Waals surface area (Å²) in [4.78, 5) is 17.1. The largest absolute Gasteiger partial charge is 0.392 e. The third kappa shape index (κ3) is 2.88. The Morgan fingerprint density at radius 1 is 1.33 bits per heavy atom. The number of nitrogens with two attached hydrogens (primary N) is 1. The highest BCUT2D eigenvalue weighted by Gasteiger charge is 2.38. The van der Waals surface area contributed by atoms with Crippen LogP contribution in [-0.4, -0.2) is 15.9 Å². The van der Waals surface area contributed by atoms with Crippen molar-refractivity contribution in [2.75, 3.05) is 5.32 Å². The van der Waals surface area contributed by atoms with Gasteiger partial charge in [-0.05, 0) is 25.0 Å². The second-order valence-corrected chi connectivity index (χ2v) is 5.46. The first kappa shape index (κ1) is 15.4. The number of hydrogen-bond donors (Lipinski definition) is 2. The van der Waals surface area contributed by atoms with Crippen LogP contribution in [0.3, 0.4) is 0 Å². The molecule has 0 bridgehead atoms. The van der Waals surface area contributed by atoms with Gasteiger partial charge in [0.25, 0.3) is 0 Å². The summed E-state index contributed by atoms with van der Waals surface area (Å²) in [6.45, 7) is 3.84. The van der Waals surface area contributed by atoms with Crippen molar-refractivity contribution in [2.45, 2.75) is 26.7 Å². The van der Waals surface area contributed by atoms with Crippen molar-refractivity contribution in [1.29, 1.82) is 0 Å². The summed E-state index contributed by atoms with van der Waals surface area (Å²) in [5.41, 5.74) is 6.53. The van der Waals surface area contributed by atoms with Gasteiger partial charge in [0, 0.05) is 5.39 Å². The molecule has 0 unspecified atom stereocenters. The predicted molar refractivity (Wildman–Crippen MR) is 90.2 cm³/mol. The minimum Gasteiger partial charge on any atom is -0.392 e. The first-order valence-corrected chi connectivity index (χ1v) is 7.40. The standard InChI is InChI=1S/C16H19N3OS/c1-3-16(4-2,14(17)21)15(20)19-12-9-11-7-5-6-8-13(11)18-10-12/h5-10H,3-4H2,1-2H3,(H2,17,21)(H,19,20). The van der Waals surface area contributed by atoms with Gasteiger partial charge < -0.3 is 11.1 Å². The van der Waals surface area contributed by atoms with Crippen LogP contribution in [0.15, 0.2) is 36.5 Å². The number of fused-ring (bicyclic) bond motifs is 1. The molecular weight excluding hydrogens is 282 g/mol. The third-order valence-electron chi connectivity index (χ3n) is 3.96. The quantitative estimate of drug-likeness (QED) is 0.832. The fourth-order valence-corrected chi connectivity index (χ4v) is 2.80. The molecule has 0 spiro atoms. The number of amides is 1. The highest BCUT2D eigenvalue weighted by atomic mass is 32.1. The first-order valence-electron chi connectivity index (χ1n) is 6.99. The average Bonchev–Trinajstić information content (AvgIpc) is 2.48. The van der Waals surface area contributed by atoms with Crippen LogP contribution in [0.25, 0.3) is 10.9 Å². The van der Waals surface area contributed by atoms with Crippen LogP contribution in [0.1, 0.15) is 26.7 Å².